The molecule has 6 heteroatoms. The highest BCUT2D eigenvalue weighted by Gasteiger charge is 2.10. The van der Waals surface area contributed by atoms with Crippen LogP contribution in [-0.4, -0.2) is 21.0 Å². The molecule has 0 aliphatic carbocycles. The first-order valence-corrected chi connectivity index (χ1v) is 9.59. The largest absolute Gasteiger partial charge is 0.349 e. The zero-order valence-electron chi connectivity index (χ0n) is 14.8. The summed E-state index contributed by atoms with van der Waals surface area (Å²) in [6, 6.07) is 15.1. The van der Waals surface area contributed by atoms with Crippen molar-refractivity contribution < 1.29 is 4.79 Å². The van der Waals surface area contributed by atoms with Crippen LogP contribution in [0.1, 0.15) is 29.8 Å². The van der Waals surface area contributed by atoms with Crippen LogP contribution in [0.5, 0.6) is 0 Å². The van der Waals surface area contributed by atoms with Crippen molar-refractivity contribution in [1.29, 1.82) is 0 Å². The Morgan fingerprint density at radius 2 is 2.00 bits per heavy atom. The van der Waals surface area contributed by atoms with E-state index in [1.54, 1.807) is 6.20 Å². The summed E-state index contributed by atoms with van der Waals surface area (Å²) in [5.74, 6) is 0.818. The molecule has 5 nitrogen and oxygen atoms in total. The predicted molar refractivity (Wildman–Crippen MR) is 105 cm³/mol. The fourth-order valence-corrected chi connectivity index (χ4v) is 3.42. The molecular formula is C20H21N3O2S. The Labute approximate surface area is 156 Å². The molecule has 1 amide bonds. The van der Waals surface area contributed by atoms with Gasteiger partial charge in [-0.1, -0.05) is 36.4 Å². The van der Waals surface area contributed by atoms with E-state index in [4.69, 9.17) is 0 Å². The molecule has 1 aromatic carbocycles. The Hall–Kier alpha value is -2.60. The van der Waals surface area contributed by atoms with Crippen molar-refractivity contribution in [3.05, 3.63) is 81.9 Å². The molecule has 3 rings (SSSR count). The summed E-state index contributed by atoms with van der Waals surface area (Å²) in [5, 5.41) is 2.98. The average molecular weight is 367 g/mol. The molecule has 134 valence electrons. The molecule has 0 saturated carbocycles. The van der Waals surface area contributed by atoms with Crippen molar-refractivity contribution in [2.45, 2.75) is 25.6 Å². The minimum absolute atomic E-state index is 0.0283. The summed E-state index contributed by atoms with van der Waals surface area (Å²) >= 11 is 1.45. The van der Waals surface area contributed by atoms with Crippen LogP contribution in [0.4, 0.5) is 0 Å². The van der Waals surface area contributed by atoms with Gasteiger partial charge < -0.3 is 5.32 Å². The summed E-state index contributed by atoms with van der Waals surface area (Å²) in [7, 11) is 0. The van der Waals surface area contributed by atoms with Crippen molar-refractivity contribution in [3.63, 3.8) is 0 Å². The summed E-state index contributed by atoms with van der Waals surface area (Å²) in [6.07, 6.45) is 1.78. The van der Waals surface area contributed by atoms with Crippen molar-refractivity contribution in [1.82, 2.24) is 14.7 Å². The van der Waals surface area contributed by atoms with Gasteiger partial charge in [0.25, 0.3) is 5.56 Å². The third-order valence-corrected chi connectivity index (χ3v) is 4.99. The second kappa shape index (κ2) is 8.19. The Morgan fingerprint density at radius 3 is 2.77 bits per heavy atom. The Balaban J connectivity index is 1.56. The third kappa shape index (κ3) is 4.52. The molecule has 2 heterocycles. The molecule has 3 aromatic rings. The van der Waals surface area contributed by atoms with Gasteiger partial charge in [-0.05, 0) is 31.0 Å². The van der Waals surface area contributed by atoms with Gasteiger partial charge >= 0.3 is 0 Å². The molecule has 0 unspecified atom stereocenters. The van der Waals surface area contributed by atoms with E-state index in [0.29, 0.717) is 22.8 Å². The van der Waals surface area contributed by atoms with Gasteiger partial charge in [-0.3, -0.25) is 14.0 Å². The number of hydrogen-bond donors (Lipinski definition) is 1. The number of thioether (sulfide) groups is 1. The van der Waals surface area contributed by atoms with E-state index in [1.807, 2.05) is 56.3 Å². The highest BCUT2D eigenvalue weighted by Crippen LogP contribution is 2.13. The second-order valence-electron chi connectivity index (χ2n) is 6.21. The number of carbonyl (C=O) groups excluding carboxylic acids is 1. The van der Waals surface area contributed by atoms with Gasteiger partial charge in [0, 0.05) is 18.0 Å². The molecule has 0 radical (unpaired) electrons. The quantitative estimate of drug-likeness (QED) is 0.727. The lowest BCUT2D eigenvalue weighted by Gasteiger charge is -2.14. The highest BCUT2D eigenvalue weighted by atomic mass is 32.2. The van der Waals surface area contributed by atoms with Crippen LogP contribution in [0.15, 0.2) is 59.5 Å². The second-order valence-corrected chi connectivity index (χ2v) is 7.20. The lowest BCUT2D eigenvalue weighted by atomic mass is 10.1. The van der Waals surface area contributed by atoms with Gasteiger partial charge in [-0.25, -0.2) is 4.98 Å². The maximum absolute atomic E-state index is 12.2. The zero-order valence-corrected chi connectivity index (χ0v) is 15.6. The van der Waals surface area contributed by atoms with Crippen LogP contribution < -0.4 is 10.9 Å². The van der Waals surface area contributed by atoms with Crippen LogP contribution in [0.2, 0.25) is 0 Å². The minimum atomic E-state index is -0.101. The lowest BCUT2D eigenvalue weighted by Crippen LogP contribution is -2.28. The van der Waals surface area contributed by atoms with Crippen LogP contribution in [-0.2, 0) is 10.5 Å². The van der Waals surface area contributed by atoms with Gasteiger partial charge in [0.2, 0.25) is 5.91 Å². The fourth-order valence-electron chi connectivity index (χ4n) is 2.69. The summed E-state index contributed by atoms with van der Waals surface area (Å²) < 4.78 is 1.54. The number of benzene rings is 1. The number of hydrogen-bond acceptors (Lipinski definition) is 4. The number of rotatable bonds is 6. The van der Waals surface area contributed by atoms with Crippen LogP contribution in [0, 0.1) is 6.92 Å². The number of aromatic nitrogens is 2. The first-order valence-electron chi connectivity index (χ1n) is 8.44. The van der Waals surface area contributed by atoms with Crippen molar-refractivity contribution in [2.24, 2.45) is 0 Å². The van der Waals surface area contributed by atoms with E-state index in [9.17, 15) is 9.59 Å². The average Bonchev–Trinajstić information content (AvgIpc) is 2.63. The van der Waals surface area contributed by atoms with Crippen LogP contribution >= 0.6 is 11.8 Å². The van der Waals surface area contributed by atoms with Gasteiger partial charge in [-0.15, -0.1) is 11.8 Å². The minimum Gasteiger partial charge on any atom is -0.349 e. The molecule has 0 spiro atoms. The van der Waals surface area contributed by atoms with Gasteiger partial charge in [0.1, 0.15) is 5.65 Å². The number of carbonyl (C=O) groups is 1. The molecule has 0 aliphatic rings. The van der Waals surface area contributed by atoms with Crippen molar-refractivity contribution in [2.75, 3.05) is 5.75 Å². The number of nitrogens with zero attached hydrogens (tertiary/aromatic N) is 2. The molecule has 0 saturated heterocycles. The number of amides is 1. The van der Waals surface area contributed by atoms with E-state index >= 15 is 0 Å². The Kier molecular flexibility index (Phi) is 5.73. The molecule has 0 fully saturated rings. The Bertz CT molecular complexity index is 970. The highest BCUT2D eigenvalue weighted by molar-refractivity contribution is 7.99. The van der Waals surface area contributed by atoms with Gasteiger partial charge in [0.15, 0.2) is 0 Å². The zero-order chi connectivity index (χ0) is 18.5. The monoisotopic (exact) mass is 367 g/mol. The van der Waals surface area contributed by atoms with Crippen LogP contribution in [0.25, 0.3) is 5.65 Å². The summed E-state index contributed by atoms with van der Waals surface area (Å²) in [4.78, 5) is 28.8. The van der Waals surface area contributed by atoms with Gasteiger partial charge in [0.05, 0.1) is 17.5 Å². The maximum atomic E-state index is 12.2. The summed E-state index contributed by atoms with van der Waals surface area (Å²) in [5.41, 5.74) is 3.29. The Morgan fingerprint density at radius 1 is 1.23 bits per heavy atom. The SMILES string of the molecule is Cc1ccc2nc(CSCC(=O)N[C@H](C)c3ccccc3)cc(=O)n2c1. The van der Waals surface area contributed by atoms with E-state index in [1.165, 1.54) is 22.2 Å². The van der Waals surface area contributed by atoms with E-state index < -0.39 is 0 Å². The third-order valence-electron chi connectivity index (χ3n) is 4.02. The fraction of sp³-hybridized carbons (Fsp3) is 0.250. The van der Waals surface area contributed by atoms with E-state index in [0.717, 1.165) is 11.1 Å². The predicted octanol–water partition coefficient (Wildman–Crippen LogP) is 3.11. The number of nitrogens with one attached hydrogen (secondary N) is 1. The molecule has 1 atom stereocenters. The lowest BCUT2D eigenvalue weighted by molar-refractivity contribution is -0.119. The molecule has 0 bridgehead atoms. The van der Waals surface area contributed by atoms with Crippen molar-refractivity contribution >= 4 is 23.3 Å². The van der Waals surface area contributed by atoms with E-state index in [2.05, 4.69) is 10.3 Å². The maximum Gasteiger partial charge on any atom is 0.258 e. The molecule has 26 heavy (non-hydrogen) atoms. The first-order chi connectivity index (χ1) is 12.5. The molecule has 1 N–H and O–H groups in total. The topological polar surface area (TPSA) is 63.5 Å². The van der Waals surface area contributed by atoms with Crippen molar-refractivity contribution in [3.8, 4) is 0 Å². The number of pyridine rings is 1. The molecular weight excluding hydrogens is 346 g/mol. The standard InChI is InChI=1S/C20H21N3O2S/c1-14-8-9-18-22-17(10-20(25)23(18)11-14)12-26-13-19(24)21-15(2)16-6-4-3-5-7-16/h3-11,15H,12-13H2,1-2H3,(H,21,24)/t15-/m1/s1. The number of fused-ring (bicyclic) bond motifs is 1. The molecule has 0 aliphatic heterocycles. The normalized spacial score (nSPS) is 12.1. The van der Waals surface area contributed by atoms with Crippen LogP contribution in [0.3, 0.4) is 0 Å². The smallest absolute Gasteiger partial charge is 0.258 e. The first kappa shape index (κ1) is 18.2. The summed E-state index contributed by atoms with van der Waals surface area (Å²) in [6.45, 7) is 3.90. The van der Waals surface area contributed by atoms with E-state index in [-0.39, 0.29) is 17.5 Å². The molecule has 2 aromatic heterocycles. The number of aryl methyl sites for hydroxylation is 1. The van der Waals surface area contributed by atoms with Gasteiger partial charge in [-0.2, -0.15) is 0 Å².